The second-order valence-electron chi connectivity index (χ2n) is 7.64. The van der Waals surface area contributed by atoms with Crippen LogP contribution < -0.4 is 15.5 Å². The fraction of sp³-hybridized carbons (Fsp3) is 0.381. The molecule has 0 saturated carbocycles. The van der Waals surface area contributed by atoms with Crippen LogP contribution in [-0.2, 0) is 0 Å². The highest BCUT2D eigenvalue weighted by Crippen LogP contribution is 2.37. The molecule has 170 valence electrons. The number of hydrogen-bond acceptors (Lipinski definition) is 6. The van der Waals surface area contributed by atoms with Crippen molar-refractivity contribution < 1.29 is 23.8 Å². The van der Waals surface area contributed by atoms with Gasteiger partial charge >= 0.3 is 6.03 Å². The van der Waals surface area contributed by atoms with Crippen LogP contribution in [0.5, 0.6) is 0 Å². The lowest BCUT2D eigenvalue weighted by Gasteiger charge is -2.26. The van der Waals surface area contributed by atoms with Crippen LogP contribution in [0.15, 0.2) is 36.7 Å². The zero-order valence-corrected chi connectivity index (χ0v) is 17.2. The van der Waals surface area contributed by atoms with Crippen molar-refractivity contribution in [3.8, 4) is 0 Å². The summed E-state index contributed by atoms with van der Waals surface area (Å²) in [7, 11) is 0. The van der Waals surface area contributed by atoms with Crippen molar-refractivity contribution in [3.63, 3.8) is 0 Å². The summed E-state index contributed by atoms with van der Waals surface area (Å²) in [5.41, 5.74) is 1.07. The maximum atomic E-state index is 14.4. The van der Waals surface area contributed by atoms with Crippen molar-refractivity contribution in [2.24, 2.45) is 0 Å². The van der Waals surface area contributed by atoms with Gasteiger partial charge in [-0.15, -0.1) is 0 Å². The van der Waals surface area contributed by atoms with Gasteiger partial charge in [0, 0.05) is 24.8 Å². The first kappa shape index (κ1) is 21.9. The van der Waals surface area contributed by atoms with Crippen LogP contribution in [0, 0.1) is 11.6 Å². The summed E-state index contributed by atoms with van der Waals surface area (Å²) in [6.45, 7) is 0.440. The van der Waals surface area contributed by atoms with Gasteiger partial charge in [0.05, 0.1) is 24.9 Å². The van der Waals surface area contributed by atoms with Crippen molar-refractivity contribution in [2.45, 2.75) is 31.4 Å². The Morgan fingerprint density at radius 2 is 2.16 bits per heavy atom. The number of fused-ring (bicyclic) bond motifs is 1. The Kier molecular flexibility index (Phi) is 6.47. The predicted octanol–water partition coefficient (Wildman–Crippen LogP) is 2.21. The smallest absolute Gasteiger partial charge is 0.319 e. The van der Waals surface area contributed by atoms with Crippen molar-refractivity contribution in [2.75, 3.05) is 29.9 Å². The van der Waals surface area contributed by atoms with Gasteiger partial charge in [-0.25, -0.2) is 23.1 Å². The van der Waals surface area contributed by atoms with Crippen LogP contribution in [-0.4, -0.2) is 56.6 Å². The van der Waals surface area contributed by atoms with E-state index in [1.54, 1.807) is 12.3 Å². The molecule has 0 spiro atoms. The zero-order valence-electron chi connectivity index (χ0n) is 17.2. The normalized spacial score (nSPS) is 17.0. The van der Waals surface area contributed by atoms with Gasteiger partial charge in [0.25, 0.3) is 0 Å². The minimum atomic E-state index is -0.896. The van der Waals surface area contributed by atoms with Gasteiger partial charge in [-0.2, -0.15) is 5.10 Å². The van der Waals surface area contributed by atoms with E-state index in [4.69, 9.17) is 5.11 Å². The molecule has 0 unspecified atom stereocenters. The minimum absolute atomic E-state index is 0.181. The molecule has 3 heterocycles. The Hall–Kier alpha value is -3.31. The highest BCUT2D eigenvalue weighted by Gasteiger charge is 2.30. The Balaban J connectivity index is 1.53. The molecule has 11 heteroatoms. The minimum Gasteiger partial charge on any atom is -0.394 e. The van der Waals surface area contributed by atoms with Crippen molar-refractivity contribution >= 4 is 23.2 Å². The molecule has 32 heavy (non-hydrogen) atoms. The number of urea groups is 1. The summed E-state index contributed by atoms with van der Waals surface area (Å²) in [5, 5.41) is 27.6. The number of aromatic nitrogens is 3. The predicted molar refractivity (Wildman–Crippen MR) is 113 cm³/mol. The largest absolute Gasteiger partial charge is 0.394 e. The topological polar surface area (TPSA) is 115 Å². The first-order chi connectivity index (χ1) is 15.5. The number of aliphatic hydroxyl groups excluding tert-OH is 2. The van der Waals surface area contributed by atoms with Gasteiger partial charge < -0.3 is 25.7 Å². The first-order valence-corrected chi connectivity index (χ1v) is 10.4. The molecule has 1 saturated heterocycles. The molecule has 1 fully saturated rings. The lowest BCUT2D eigenvalue weighted by atomic mass is 10.0. The number of nitrogens with zero attached hydrogens (tertiary/aromatic N) is 4. The fourth-order valence-corrected chi connectivity index (χ4v) is 3.85. The van der Waals surface area contributed by atoms with Gasteiger partial charge in [-0.1, -0.05) is 0 Å². The van der Waals surface area contributed by atoms with E-state index in [0.29, 0.717) is 35.7 Å². The Morgan fingerprint density at radius 3 is 2.97 bits per heavy atom. The number of rotatable bonds is 7. The lowest BCUT2D eigenvalue weighted by molar-refractivity contribution is 0.0889. The molecule has 1 aromatic carbocycles. The standard InChI is InChI=1S/C21H24F2N6O3/c22-13-3-4-16(23)15(10-13)18-2-1-8-28(18)19-6-9-29-20(27-19)17(11-25-29)26-21(32)24-7-5-14(31)12-30/h3-4,6,9-11,14,18,30-31H,1-2,5,7-8,12H2,(H2,24,26,32)/t14-,18+/m0/s1. The second-order valence-corrected chi connectivity index (χ2v) is 7.64. The molecular formula is C21H24F2N6O3. The zero-order chi connectivity index (χ0) is 22.7. The average Bonchev–Trinajstić information content (AvgIpc) is 3.42. The molecule has 1 aliphatic heterocycles. The molecule has 0 bridgehead atoms. The van der Waals surface area contributed by atoms with E-state index in [2.05, 4.69) is 20.7 Å². The monoisotopic (exact) mass is 446 g/mol. The third-order valence-corrected chi connectivity index (χ3v) is 5.44. The number of amides is 2. The molecule has 2 amide bonds. The van der Waals surface area contributed by atoms with E-state index in [1.807, 2.05) is 4.90 Å². The molecule has 4 rings (SSSR count). The van der Waals surface area contributed by atoms with Gasteiger partial charge in [-0.05, 0) is 43.5 Å². The molecule has 3 aromatic rings. The highest BCUT2D eigenvalue weighted by atomic mass is 19.1. The molecule has 4 N–H and O–H groups in total. The van der Waals surface area contributed by atoms with Gasteiger partial charge in [0.15, 0.2) is 5.65 Å². The van der Waals surface area contributed by atoms with E-state index in [0.717, 1.165) is 18.6 Å². The Bertz CT molecular complexity index is 1110. The number of halogens is 2. The Morgan fingerprint density at radius 1 is 1.31 bits per heavy atom. The summed E-state index contributed by atoms with van der Waals surface area (Å²) in [5.74, 6) is -0.380. The average molecular weight is 446 g/mol. The molecule has 2 atom stereocenters. The fourth-order valence-electron chi connectivity index (χ4n) is 3.85. The number of benzene rings is 1. The number of hydrogen-bond donors (Lipinski definition) is 4. The molecule has 9 nitrogen and oxygen atoms in total. The van der Waals surface area contributed by atoms with E-state index in [1.165, 1.54) is 16.8 Å². The van der Waals surface area contributed by atoms with E-state index in [-0.39, 0.29) is 25.6 Å². The molecule has 2 aromatic heterocycles. The number of nitrogens with one attached hydrogen (secondary N) is 2. The molecular weight excluding hydrogens is 422 g/mol. The molecule has 0 radical (unpaired) electrons. The maximum Gasteiger partial charge on any atom is 0.319 e. The Labute approximate surface area is 182 Å². The van der Waals surface area contributed by atoms with Crippen LogP contribution >= 0.6 is 0 Å². The van der Waals surface area contributed by atoms with Gasteiger partial charge in [-0.3, -0.25) is 0 Å². The van der Waals surface area contributed by atoms with Crippen LogP contribution in [0.3, 0.4) is 0 Å². The van der Waals surface area contributed by atoms with Crippen molar-refractivity contribution in [1.82, 2.24) is 19.9 Å². The summed E-state index contributed by atoms with van der Waals surface area (Å²) < 4.78 is 29.6. The quantitative estimate of drug-likeness (QED) is 0.443. The third-order valence-electron chi connectivity index (χ3n) is 5.44. The molecule has 1 aliphatic rings. The molecule has 0 aliphatic carbocycles. The number of anilines is 2. The highest BCUT2D eigenvalue weighted by molar-refractivity contribution is 5.93. The summed E-state index contributed by atoms with van der Waals surface area (Å²) in [6, 6.07) is 4.35. The van der Waals surface area contributed by atoms with Gasteiger partial charge in [0.2, 0.25) is 0 Å². The van der Waals surface area contributed by atoms with Crippen LogP contribution in [0.25, 0.3) is 5.65 Å². The number of carbonyl (C=O) groups excluding carboxylic acids is 1. The maximum absolute atomic E-state index is 14.4. The van der Waals surface area contributed by atoms with E-state index < -0.39 is 23.8 Å². The van der Waals surface area contributed by atoms with Crippen LogP contribution in [0.4, 0.5) is 25.1 Å². The van der Waals surface area contributed by atoms with E-state index >= 15 is 0 Å². The summed E-state index contributed by atoms with van der Waals surface area (Å²) in [4.78, 5) is 18.7. The van der Waals surface area contributed by atoms with Gasteiger partial charge in [0.1, 0.15) is 23.1 Å². The van der Waals surface area contributed by atoms with Crippen LogP contribution in [0.1, 0.15) is 30.9 Å². The third kappa shape index (κ3) is 4.63. The van der Waals surface area contributed by atoms with E-state index in [9.17, 15) is 18.7 Å². The van der Waals surface area contributed by atoms with Crippen molar-refractivity contribution in [1.29, 1.82) is 0 Å². The summed E-state index contributed by atoms with van der Waals surface area (Å²) >= 11 is 0. The first-order valence-electron chi connectivity index (χ1n) is 10.4. The summed E-state index contributed by atoms with van der Waals surface area (Å²) in [6.07, 6.45) is 3.94. The number of carbonyl (C=O) groups is 1. The van der Waals surface area contributed by atoms with Crippen molar-refractivity contribution in [3.05, 3.63) is 53.9 Å². The van der Waals surface area contributed by atoms with Crippen LogP contribution in [0.2, 0.25) is 0 Å². The SMILES string of the molecule is O=C(NCC[C@H](O)CO)Nc1cnn2ccc(N3CCC[C@@H]3c3cc(F)ccc3F)nc12. The number of aliphatic hydroxyl groups is 2. The lowest BCUT2D eigenvalue weighted by Crippen LogP contribution is -2.32. The second kappa shape index (κ2) is 9.45.